The van der Waals surface area contributed by atoms with Crippen LogP contribution in [0.3, 0.4) is 0 Å². The summed E-state index contributed by atoms with van der Waals surface area (Å²) in [4.78, 5) is 0. The molecule has 3 rings (SSSR count). The van der Waals surface area contributed by atoms with Crippen molar-refractivity contribution in [2.45, 2.75) is 38.2 Å². The summed E-state index contributed by atoms with van der Waals surface area (Å²) in [6, 6.07) is 5.35. The third kappa shape index (κ3) is 2.54. The van der Waals surface area contributed by atoms with Crippen molar-refractivity contribution < 1.29 is 5.11 Å². The zero-order valence-corrected chi connectivity index (χ0v) is 11.8. The van der Waals surface area contributed by atoms with Gasteiger partial charge in [-0.2, -0.15) is 0 Å². The SMILES string of the molecule is OC(CC1CC2CCC1C2)c1cc(Cl)cc(Cl)c1. The normalized spacial score (nSPS) is 31.8. The Morgan fingerprint density at radius 1 is 1.11 bits per heavy atom. The van der Waals surface area contributed by atoms with E-state index in [1.165, 1.54) is 25.7 Å². The van der Waals surface area contributed by atoms with Gasteiger partial charge in [0.25, 0.3) is 0 Å². The zero-order valence-electron chi connectivity index (χ0n) is 10.3. The maximum atomic E-state index is 10.3. The van der Waals surface area contributed by atoms with E-state index in [4.69, 9.17) is 23.2 Å². The van der Waals surface area contributed by atoms with Gasteiger partial charge in [-0.3, -0.25) is 0 Å². The monoisotopic (exact) mass is 284 g/mol. The van der Waals surface area contributed by atoms with E-state index in [-0.39, 0.29) is 0 Å². The molecule has 0 spiro atoms. The average molecular weight is 285 g/mol. The molecule has 98 valence electrons. The summed E-state index contributed by atoms with van der Waals surface area (Å²) in [5.74, 6) is 2.46. The first-order valence-electron chi connectivity index (χ1n) is 6.76. The molecule has 4 unspecified atom stereocenters. The Kier molecular flexibility index (Phi) is 3.57. The largest absolute Gasteiger partial charge is 0.388 e. The topological polar surface area (TPSA) is 20.2 Å². The molecule has 1 nitrogen and oxygen atoms in total. The summed E-state index contributed by atoms with van der Waals surface area (Å²) in [5, 5.41) is 11.5. The van der Waals surface area contributed by atoms with Gasteiger partial charge < -0.3 is 5.11 Å². The highest BCUT2D eigenvalue weighted by Gasteiger charge is 2.40. The van der Waals surface area contributed by atoms with Crippen LogP contribution in [0.5, 0.6) is 0 Å². The molecule has 0 amide bonds. The first-order chi connectivity index (χ1) is 8.61. The Morgan fingerprint density at radius 3 is 2.39 bits per heavy atom. The van der Waals surface area contributed by atoms with Crippen LogP contribution in [-0.4, -0.2) is 5.11 Å². The molecule has 4 atom stereocenters. The van der Waals surface area contributed by atoms with Gasteiger partial charge in [-0.15, -0.1) is 0 Å². The molecule has 1 aromatic carbocycles. The van der Waals surface area contributed by atoms with Crippen molar-refractivity contribution >= 4 is 23.2 Å². The number of hydrogen-bond donors (Lipinski definition) is 1. The minimum absolute atomic E-state index is 0.425. The van der Waals surface area contributed by atoms with Crippen LogP contribution in [-0.2, 0) is 0 Å². The molecule has 2 aliphatic carbocycles. The second-order valence-electron chi connectivity index (χ2n) is 5.89. The van der Waals surface area contributed by atoms with Gasteiger partial charge in [-0.1, -0.05) is 29.6 Å². The lowest BCUT2D eigenvalue weighted by molar-refractivity contribution is 0.125. The van der Waals surface area contributed by atoms with Crippen molar-refractivity contribution in [3.63, 3.8) is 0 Å². The first-order valence-corrected chi connectivity index (χ1v) is 7.51. The number of hydrogen-bond acceptors (Lipinski definition) is 1. The van der Waals surface area contributed by atoms with E-state index in [9.17, 15) is 5.11 Å². The van der Waals surface area contributed by atoms with Crippen molar-refractivity contribution in [3.05, 3.63) is 33.8 Å². The minimum atomic E-state index is -0.425. The van der Waals surface area contributed by atoms with Crippen LogP contribution in [0.2, 0.25) is 10.0 Å². The van der Waals surface area contributed by atoms with Crippen LogP contribution < -0.4 is 0 Å². The lowest BCUT2D eigenvalue weighted by Gasteiger charge is -2.24. The molecule has 2 saturated carbocycles. The number of fused-ring (bicyclic) bond motifs is 2. The van der Waals surface area contributed by atoms with Gasteiger partial charge in [0.2, 0.25) is 0 Å². The van der Waals surface area contributed by atoms with E-state index in [0.717, 1.165) is 23.8 Å². The van der Waals surface area contributed by atoms with Crippen LogP contribution in [0.25, 0.3) is 0 Å². The van der Waals surface area contributed by atoms with Gasteiger partial charge in [0.1, 0.15) is 0 Å². The lowest BCUT2D eigenvalue weighted by Crippen LogP contribution is -2.14. The number of aliphatic hydroxyl groups is 1. The summed E-state index contributed by atoms with van der Waals surface area (Å²) < 4.78 is 0. The maximum absolute atomic E-state index is 10.3. The van der Waals surface area contributed by atoms with E-state index in [1.54, 1.807) is 6.07 Å². The molecule has 2 aliphatic rings. The second kappa shape index (κ2) is 5.03. The number of halogens is 2. The van der Waals surface area contributed by atoms with Gasteiger partial charge in [0.05, 0.1) is 6.10 Å². The molecule has 0 saturated heterocycles. The van der Waals surface area contributed by atoms with Crippen molar-refractivity contribution in [2.24, 2.45) is 17.8 Å². The molecular formula is C15H18Cl2O. The van der Waals surface area contributed by atoms with Crippen molar-refractivity contribution in [2.75, 3.05) is 0 Å². The highest BCUT2D eigenvalue weighted by molar-refractivity contribution is 6.34. The van der Waals surface area contributed by atoms with Gasteiger partial charge in [0.15, 0.2) is 0 Å². The Labute approximate surface area is 118 Å². The predicted octanol–water partition coefficient (Wildman–Crippen LogP) is 4.85. The summed E-state index contributed by atoms with van der Waals surface area (Å²) in [6.07, 6.45) is 5.88. The van der Waals surface area contributed by atoms with Gasteiger partial charge in [-0.25, -0.2) is 0 Å². The fourth-order valence-electron chi connectivity index (χ4n) is 3.86. The maximum Gasteiger partial charge on any atom is 0.0793 e. The molecule has 1 aromatic rings. The summed E-state index contributed by atoms with van der Waals surface area (Å²) in [5.41, 5.74) is 0.857. The molecule has 0 heterocycles. The van der Waals surface area contributed by atoms with E-state index in [1.807, 2.05) is 12.1 Å². The molecule has 0 aliphatic heterocycles. The van der Waals surface area contributed by atoms with E-state index in [2.05, 4.69) is 0 Å². The third-order valence-corrected chi connectivity index (χ3v) is 5.12. The Balaban J connectivity index is 1.69. The predicted molar refractivity (Wildman–Crippen MR) is 75.0 cm³/mol. The number of aliphatic hydroxyl groups excluding tert-OH is 1. The quantitative estimate of drug-likeness (QED) is 0.841. The molecule has 18 heavy (non-hydrogen) atoms. The summed E-state index contributed by atoms with van der Waals surface area (Å²) in [7, 11) is 0. The highest BCUT2D eigenvalue weighted by Crippen LogP contribution is 2.51. The van der Waals surface area contributed by atoms with Crippen molar-refractivity contribution in [3.8, 4) is 0 Å². The molecule has 1 N–H and O–H groups in total. The summed E-state index contributed by atoms with van der Waals surface area (Å²) in [6.45, 7) is 0. The first kappa shape index (κ1) is 12.8. The highest BCUT2D eigenvalue weighted by atomic mass is 35.5. The number of benzene rings is 1. The third-order valence-electron chi connectivity index (χ3n) is 4.68. The van der Waals surface area contributed by atoms with E-state index >= 15 is 0 Å². The van der Waals surface area contributed by atoms with Crippen molar-refractivity contribution in [1.29, 1.82) is 0 Å². The van der Waals surface area contributed by atoms with Gasteiger partial charge >= 0.3 is 0 Å². The van der Waals surface area contributed by atoms with Crippen LogP contribution in [0.4, 0.5) is 0 Å². The van der Waals surface area contributed by atoms with Crippen molar-refractivity contribution in [1.82, 2.24) is 0 Å². The molecular weight excluding hydrogens is 267 g/mol. The smallest absolute Gasteiger partial charge is 0.0793 e. The van der Waals surface area contributed by atoms with Gasteiger partial charge in [0, 0.05) is 10.0 Å². The Bertz CT molecular complexity index is 426. The Hall–Kier alpha value is -0.240. The van der Waals surface area contributed by atoms with E-state index in [0.29, 0.717) is 16.0 Å². The fourth-order valence-corrected chi connectivity index (χ4v) is 4.40. The van der Waals surface area contributed by atoms with Crippen LogP contribution in [0, 0.1) is 17.8 Å². The second-order valence-corrected chi connectivity index (χ2v) is 6.76. The molecule has 0 aromatic heterocycles. The van der Waals surface area contributed by atoms with Crippen LogP contribution in [0.1, 0.15) is 43.8 Å². The molecule has 3 heteroatoms. The fraction of sp³-hybridized carbons (Fsp3) is 0.600. The average Bonchev–Trinajstić information content (AvgIpc) is 2.89. The molecule has 2 fully saturated rings. The van der Waals surface area contributed by atoms with Crippen LogP contribution in [0.15, 0.2) is 18.2 Å². The molecule has 0 radical (unpaired) electrons. The van der Waals surface area contributed by atoms with Gasteiger partial charge in [-0.05, 0) is 67.2 Å². The minimum Gasteiger partial charge on any atom is -0.388 e. The number of rotatable bonds is 3. The zero-order chi connectivity index (χ0) is 12.7. The Morgan fingerprint density at radius 2 is 1.83 bits per heavy atom. The molecule has 2 bridgehead atoms. The standard InChI is InChI=1S/C15H18Cl2O/c16-13-5-12(6-14(17)8-13)15(18)7-11-4-9-1-2-10(11)3-9/h5-6,8-11,15,18H,1-4,7H2. The summed E-state index contributed by atoms with van der Waals surface area (Å²) >= 11 is 12.0. The van der Waals surface area contributed by atoms with E-state index < -0.39 is 6.10 Å². The lowest BCUT2D eigenvalue weighted by atomic mass is 9.83. The van der Waals surface area contributed by atoms with Crippen LogP contribution >= 0.6 is 23.2 Å².